The van der Waals surface area contributed by atoms with Gasteiger partial charge in [-0.3, -0.25) is 13.9 Å². The van der Waals surface area contributed by atoms with Crippen LogP contribution in [0.2, 0.25) is 0 Å². The maximum absolute atomic E-state index is 14.0. The fourth-order valence-electron chi connectivity index (χ4n) is 4.24. The van der Waals surface area contributed by atoms with Crippen molar-refractivity contribution in [3.63, 3.8) is 0 Å². The smallest absolute Gasteiger partial charge is 0.264 e. The first-order valence-corrected chi connectivity index (χ1v) is 14.5. The molecular formula is C30H36FN3O5S. The largest absolute Gasteiger partial charge is 0.497 e. The van der Waals surface area contributed by atoms with Gasteiger partial charge in [-0.25, -0.2) is 12.8 Å². The molecule has 3 aromatic carbocycles. The average molecular weight is 570 g/mol. The molecule has 0 aliphatic carbocycles. The second-order valence-electron chi connectivity index (χ2n) is 9.76. The number of anilines is 1. The van der Waals surface area contributed by atoms with Gasteiger partial charge >= 0.3 is 0 Å². The number of nitrogens with one attached hydrogen (secondary N) is 1. The van der Waals surface area contributed by atoms with E-state index in [2.05, 4.69) is 5.32 Å². The summed E-state index contributed by atoms with van der Waals surface area (Å²) in [5.74, 6) is -0.893. The highest BCUT2D eigenvalue weighted by molar-refractivity contribution is 7.92. The van der Waals surface area contributed by atoms with Crippen LogP contribution in [0.25, 0.3) is 0 Å². The van der Waals surface area contributed by atoms with Gasteiger partial charge in [0.25, 0.3) is 10.0 Å². The van der Waals surface area contributed by atoms with Crippen LogP contribution < -0.4 is 14.4 Å². The van der Waals surface area contributed by atoms with Crippen LogP contribution in [0, 0.1) is 12.7 Å². The van der Waals surface area contributed by atoms with Crippen molar-refractivity contribution in [1.82, 2.24) is 10.2 Å². The fourth-order valence-corrected chi connectivity index (χ4v) is 5.66. The van der Waals surface area contributed by atoms with Crippen LogP contribution in [0.15, 0.2) is 77.7 Å². The summed E-state index contributed by atoms with van der Waals surface area (Å²) >= 11 is 0. The molecule has 40 heavy (non-hydrogen) atoms. The number of hydrogen-bond acceptors (Lipinski definition) is 5. The zero-order valence-electron chi connectivity index (χ0n) is 23.4. The van der Waals surface area contributed by atoms with Crippen LogP contribution >= 0.6 is 0 Å². The van der Waals surface area contributed by atoms with Crippen LogP contribution in [0.1, 0.15) is 38.3 Å². The molecule has 0 aromatic heterocycles. The van der Waals surface area contributed by atoms with Crippen LogP contribution in [-0.2, 0) is 26.2 Å². The van der Waals surface area contributed by atoms with Gasteiger partial charge in [0.2, 0.25) is 11.8 Å². The molecule has 0 spiro atoms. The number of carbonyl (C=O) groups excluding carboxylic acids is 2. The van der Waals surface area contributed by atoms with Crippen molar-refractivity contribution in [1.29, 1.82) is 0 Å². The molecule has 0 heterocycles. The predicted octanol–water partition coefficient (Wildman–Crippen LogP) is 4.67. The second kappa shape index (κ2) is 13.4. The van der Waals surface area contributed by atoms with E-state index in [1.165, 1.54) is 36.3 Å². The number of hydrogen-bond donors (Lipinski definition) is 1. The lowest BCUT2D eigenvalue weighted by molar-refractivity contribution is -0.140. The minimum absolute atomic E-state index is 0.0147. The zero-order valence-corrected chi connectivity index (χ0v) is 24.2. The molecule has 1 N–H and O–H groups in total. The van der Waals surface area contributed by atoms with Gasteiger partial charge in [-0.15, -0.1) is 0 Å². The molecule has 0 aliphatic rings. The maximum Gasteiger partial charge on any atom is 0.264 e. The van der Waals surface area contributed by atoms with Gasteiger partial charge in [0.1, 0.15) is 24.2 Å². The number of sulfonamides is 1. The Hall–Kier alpha value is -3.92. The summed E-state index contributed by atoms with van der Waals surface area (Å²) < 4.78 is 47.6. The lowest BCUT2D eigenvalue weighted by atomic mass is 10.1. The molecule has 0 saturated carbocycles. The summed E-state index contributed by atoms with van der Waals surface area (Å²) in [7, 11) is -2.69. The van der Waals surface area contributed by atoms with Gasteiger partial charge in [0.05, 0.1) is 17.7 Å². The van der Waals surface area contributed by atoms with Gasteiger partial charge in [-0.1, -0.05) is 36.8 Å². The van der Waals surface area contributed by atoms with E-state index >= 15 is 0 Å². The van der Waals surface area contributed by atoms with E-state index in [0.29, 0.717) is 17.7 Å². The molecule has 0 bridgehead atoms. The standard InChI is InChI=1S/C30H36FN3O5S/c1-6-28(30(36)32-21(2)3)33(19-23-8-7-9-26(18-23)39-5)29(35)20-34(25-14-12-24(31)13-15-25)40(37,38)27-16-10-22(4)11-17-27/h7-18,21,28H,6,19-20H2,1-5H3,(H,32,36)/t28-/m0/s1. The number of ether oxygens (including phenoxy) is 1. The molecule has 3 aromatic rings. The molecule has 0 unspecified atom stereocenters. The molecule has 0 radical (unpaired) electrons. The van der Waals surface area contributed by atoms with Gasteiger partial charge < -0.3 is 15.0 Å². The Morgan fingerprint density at radius 1 is 1.00 bits per heavy atom. The molecule has 1 atom stereocenters. The Labute approximate surface area is 235 Å². The molecule has 0 fully saturated rings. The van der Waals surface area contributed by atoms with Crippen molar-refractivity contribution in [3.8, 4) is 5.75 Å². The molecule has 0 saturated heterocycles. The Kier molecular flexibility index (Phi) is 10.3. The number of benzene rings is 3. The van der Waals surface area contributed by atoms with Crippen LogP contribution in [0.3, 0.4) is 0 Å². The normalized spacial score (nSPS) is 12.1. The van der Waals surface area contributed by atoms with Crippen molar-refractivity contribution in [3.05, 3.63) is 89.7 Å². The molecule has 0 aliphatic heterocycles. The van der Waals surface area contributed by atoms with E-state index < -0.39 is 34.3 Å². The van der Waals surface area contributed by atoms with E-state index in [1.54, 1.807) is 43.3 Å². The Morgan fingerprint density at radius 2 is 1.65 bits per heavy atom. The van der Waals surface area contributed by atoms with Crippen molar-refractivity contribution >= 4 is 27.5 Å². The Bertz CT molecular complexity index is 1410. The van der Waals surface area contributed by atoms with Crippen molar-refractivity contribution < 1.29 is 27.1 Å². The van der Waals surface area contributed by atoms with Crippen LogP contribution in [0.5, 0.6) is 5.75 Å². The second-order valence-corrected chi connectivity index (χ2v) is 11.6. The number of aryl methyl sites for hydroxylation is 1. The number of rotatable bonds is 12. The van der Waals surface area contributed by atoms with Gasteiger partial charge in [0, 0.05) is 12.6 Å². The quantitative estimate of drug-likeness (QED) is 0.342. The third kappa shape index (κ3) is 7.59. The highest BCUT2D eigenvalue weighted by atomic mass is 32.2. The number of nitrogens with zero attached hydrogens (tertiary/aromatic N) is 2. The number of carbonyl (C=O) groups is 2. The summed E-state index contributed by atoms with van der Waals surface area (Å²) in [5.41, 5.74) is 1.70. The molecule has 8 nitrogen and oxygen atoms in total. The minimum Gasteiger partial charge on any atom is -0.497 e. The van der Waals surface area contributed by atoms with E-state index in [1.807, 2.05) is 20.8 Å². The lowest BCUT2D eigenvalue weighted by Crippen LogP contribution is -2.53. The van der Waals surface area contributed by atoms with E-state index in [-0.39, 0.29) is 29.1 Å². The monoisotopic (exact) mass is 569 g/mol. The van der Waals surface area contributed by atoms with Crippen LogP contribution in [-0.4, -0.2) is 50.9 Å². The summed E-state index contributed by atoms with van der Waals surface area (Å²) in [6, 6.07) is 17.2. The highest BCUT2D eigenvalue weighted by Gasteiger charge is 2.34. The zero-order chi connectivity index (χ0) is 29.4. The molecule has 10 heteroatoms. The van der Waals surface area contributed by atoms with Crippen molar-refractivity contribution in [2.75, 3.05) is 18.0 Å². The molecule has 3 rings (SSSR count). The Morgan fingerprint density at radius 3 is 2.23 bits per heavy atom. The van der Waals surface area contributed by atoms with Gasteiger partial charge in [-0.05, 0) is 81.3 Å². The average Bonchev–Trinajstić information content (AvgIpc) is 2.92. The maximum atomic E-state index is 14.0. The lowest BCUT2D eigenvalue weighted by Gasteiger charge is -2.33. The number of methoxy groups -OCH3 is 1. The van der Waals surface area contributed by atoms with E-state index in [0.717, 1.165) is 22.0 Å². The van der Waals surface area contributed by atoms with E-state index in [4.69, 9.17) is 4.74 Å². The SMILES string of the molecule is CC[C@@H](C(=O)NC(C)C)N(Cc1cccc(OC)c1)C(=O)CN(c1ccc(F)cc1)S(=O)(=O)c1ccc(C)cc1. The first-order chi connectivity index (χ1) is 19.0. The Balaban J connectivity index is 2.06. The summed E-state index contributed by atoms with van der Waals surface area (Å²) in [6.45, 7) is 6.71. The highest BCUT2D eigenvalue weighted by Crippen LogP contribution is 2.26. The topological polar surface area (TPSA) is 96.0 Å². The third-order valence-corrected chi connectivity index (χ3v) is 8.09. The molecular weight excluding hydrogens is 533 g/mol. The minimum atomic E-state index is -4.22. The fraction of sp³-hybridized carbons (Fsp3) is 0.333. The third-order valence-electron chi connectivity index (χ3n) is 6.31. The summed E-state index contributed by atoms with van der Waals surface area (Å²) in [5, 5.41) is 2.86. The van der Waals surface area contributed by atoms with Crippen molar-refractivity contribution in [2.24, 2.45) is 0 Å². The van der Waals surface area contributed by atoms with Crippen LogP contribution in [0.4, 0.5) is 10.1 Å². The first-order valence-electron chi connectivity index (χ1n) is 13.0. The van der Waals surface area contributed by atoms with Gasteiger partial charge in [0.15, 0.2) is 0 Å². The number of amides is 2. The van der Waals surface area contributed by atoms with Gasteiger partial charge in [-0.2, -0.15) is 0 Å². The first kappa shape index (κ1) is 30.6. The van der Waals surface area contributed by atoms with E-state index in [9.17, 15) is 22.4 Å². The molecule has 214 valence electrons. The summed E-state index contributed by atoms with van der Waals surface area (Å²) in [4.78, 5) is 28.6. The molecule has 2 amide bonds. The predicted molar refractivity (Wildman–Crippen MR) is 153 cm³/mol. The number of halogens is 1. The van der Waals surface area contributed by atoms with Crippen molar-refractivity contribution in [2.45, 2.75) is 57.6 Å². The summed E-state index contributed by atoms with van der Waals surface area (Å²) in [6.07, 6.45) is 0.301.